The van der Waals surface area contributed by atoms with Crippen molar-refractivity contribution in [1.29, 1.82) is 0 Å². The normalized spacial score (nSPS) is 11.2. The van der Waals surface area contributed by atoms with Gasteiger partial charge in [-0.3, -0.25) is 4.79 Å². The molecule has 2 heterocycles. The highest BCUT2D eigenvalue weighted by atomic mass is 16.6. The summed E-state index contributed by atoms with van der Waals surface area (Å²) in [4.78, 5) is 13.1. The number of nitrogen functional groups attached to an aromatic ring is 1. The van der Waals surface area contributed by atoms with E-state index in [9.17, 15) is 4.79 Å². The number of hydrogen-bond acceptors (Lipinski definition) is 9. The fourth-order valence-corrected chi connectivity index (χ4v) is 3.66. The average molecular weight is 468 g/mol. The van der Waals surface area contributed by atoms with Crippen molar-refractivity contribution in [2.24, 2.45) is 5.10 Å². The van der Waals surface area contributed by atoms with Crippen LogP contribution in [0.4, 0.5) is 5.82 Å². The highest BCUT2D eigenvalue weighted by Gasteiger charge is 2.25. The van der Waals surface area contributed by atoms with Gasteiger partial charge in [0.2, 0.25) is 11.6 Å². The molecule has 0 atom stereocenters. The molecule has 5 aromatic rings. The van der Waals surface area contributed by atoms with Crippen LogP contribution >= 0.6 is 0 Å². The van der Waals surface area contributed by atoms with E-state index < -0.39 is 5.91 Å². The average Bonchev–Trinajstić information content (AvgIpc) is 3.50. The van der Waals surface area contributed by atoms with E-state index in [4.69, 9.17) is 15.1 Å². The first kappa shape index (κ1) is 21.8. The number of carbonyl (C=O) groups is 1. The number of hydrazone groups is 1. The number of fused-ring (bicyclic) bond motifs is 1. The van der Waals surface area contributed by atoms with Crippen LogP contribution < -0.4 is 15.9 Å². The standard InChI is InChI=1S/C24H20N8O3/c1-2-34-18-11-6-9-16(13-18)21-20(27-31-32(21)23-22(25)29-35-30-23)24(33)28-26-14-17-10-5-8-15-7-3-4-12-19(15)17/h3-14H,2H2,1H3,(H2,25,29)(H,28,33). The lowest BCUT2D eigenvalue weighted by Gasteiger charge is -2.08. The van der Waals surface area contributed by atoms with Crippen molar-refractivity contribution < 1.29 is 14.2 Å². The Balaban J connectivity index is 1.50. The van der Waals surface area contributed by atoms with E-state index in [0.717, 1.165) is 16.3 Å². The largest absolute Gasteiger partial charge is 0.494 e. The van der Waals surface area contributed by atoms with Crippen LogP contribution in [0.15, 0.2) is 76.5 Å². The molecule has 0 radical (unpaired) electrons. The maximum atomic E-state index is 13.1. The Morgan fingerprint density at radius 1 is 1.14 bits per heavy atom. The van der Waals surface area contributed by atoms with Gasteiger partial charge in [0, 0.05) is 11.1 Å². The maximum Gasteiger partial charge on any atom is 0.294 e. The molecule has 0 bridgehead atoms. The molecule has 0 aliphatic heterocycles. The second kappa shape index (κ2) is 9.43. The Kier molecular flexibility index (Phi) is 5.87. The van der Waals surface area contributed by atoms with Crippen LogP contribution in [-0.2, 0) is 0 Å². The number of aromatic nitrogens is 5. The van der Waals surface area contributed by atoms with Crippen LogP contribution in [0.5, 0.6) is 5.75 Å². The van der Waals surface area contributed by atoms with Crippen molar-refractivity contribution in [2.45, 2.75) is 6.92 Å². The number of nitrogens with two attached hydrogens (primary N) is 1. The Labute approximate surface area is 199 Å². The van der Waals surface area contributed by atoms with Crippen LogP contribution in [0.2, 0.25) is 0 Å². The van der Waals surface area contributed by atoms with E-state index in [-0.39, 0.29) is 17.3 Å². The fraction of sp³-hybridized carbons (Fsp3) is 0.0833. The first-order valence-corrected chi connectivity index (χ1v) is 10.7. The molecule has 5 rings (SSSR count). The predicted octanol–water partition coefficient (Wildman–Crippen LogP) is 3.22. The van der Waals surface area contributed by atoms with E-state index in [1.807, 2.05) is 49.4 Å². The number of benzene rings is 3. The summed E-state index contributed by atoms with van der Waals surface area (Å²) in [7, 11) is 0. The number of hydrogen-bond donors (Lipinski definition) is 2. The molecule has 11 heteroatoms. The molecule has 0 saturated carbocycles. The van der Waals surface area contributed by atoms with Crippen molar-refractivity contribution in [3.05, 3.63) is 78.0 Å². The first-order valence-electron chi connectivity index (χ1n) is 10.7. The van der Waals surface area contributed by atoms with Gasteiger partial charge in [-0.1, -0.05) is 59.8 Å². The first-order chi connectivity index (χ1) is 17.2. The van der Waals surface area contributed by atoms with Crippen molar-refractivity contribution in [3.8, 4) is 22.8 Å². The third-order valence-corrected chi connectivity index (χ3v) is 5.19. The van der Waals surface area contributed by atoms with Gasteiger partial charge in [0.15, 0.2) is 5.69 Å². The molecule has 3 aromatic carbocycles. The lowest BCUT2D eigenvalue weighted by molar-refractivity contribution is 0.0950. The Hall–Kier alpha value is -5.06. The minimum Gasteiger partial charge on any atom is -0.494 e. The third-order valence-electron chi connectivity index (χ3n) is 5.19. The Morgan fingerprint density at radius 3 is 2.80 bits per heavy atom. The smallest absolute Gasteiger partial charge is 0.294 e. The molecule has 0 fully saturated rings. The van der Waals surface area contributed by atoms with Gasteiger partial charge >= 0.3 is 0 Å². The van der Waals surface area contributed by atoms with Crippen molar-refractivity contribution >= 4 is 28.7 Å². The molecule has 0 unspecified atom stereocenters. The second-order valence-electron chi connectivity index (χ2n) is 7.40. The summed E-state index contributed by atoms with van der Waals surface area (Å²) in [6, 6.07) is 20.9. The van der Waals surface area contributed by atoms with E-state index in [2.05, 4.69) is 31.2 Å². The molecule has 1 amide bonds. The number of carbonyl (C=O) groups excluding carboxylic acids is 1. The lowest BCUT2D eigenvalue weighted by atomic mass is 10.1. The highest BCUT2D eigenvalue weighted by Crippen LogP contribution is 2.29. The fourth-order valence-electron chi connectivity index (χ4n) is 3.66. The van der Waals surface area contributed by atoms with Crippen LogP contribution in [0, 0.1) is 0 Å². The van der Waals surface area contributed by atoms with Gasteiger partial charge in [-0.15, -0.1) is 5.10 Å². The van der Waals surface area contributed by atoms with E-state index in [0.29, 0.717) is 23.6 Å². The van der Waals surface area contributed by atoms with Crippen molar-refractivity contribution in [2.75, 3.05) is 12.3 Å². The van der Waals surface area contributed by atoms with Crippen LogP contribution in [0.25, 0.3) is 27.8 Å². The summed E-state index contributed by atoms with van der Waals surface area (Å²) in [6.07, 6.45) is 1.58. The van der Waals surface area contributed by atoms with Crippen molar-refractivity contribution in [1.82, 2.24) is 30.7 Å². The number of ether oxygens (including phenoxy) is 1. The minimum absolute atomic E-state index is 0.00181. The number of rotatable bonds is 7. The maximum absolute atomic E-state index is 13.1. The van der Waals surface area contributed by atoms with Crippen LogP contribution in [0.3, 0.4) is 0 Å². The summed E-state index contributed by atoms with van der Waals surface area (Å²) in [5.74, 6) is 0.148. The molecule has 35 heavy (non-hydrogen) atoms. The van der Waals surface area contributed by atoms with Gasteiger partial charge in [-0.25, -0.2) is 10.1 Å². The number of nitrogens with zero attached hydrogens (tertiary/aromatic N) is 6. The van der Waals surface area contributed by atoms with Gasteiger partial charge < -0.3 is 10.5 Å². The molecular weight excluding hydrogens is 448 g/mol. The van der Waals surface area contributed by atoms with E-state index >= 15 is 0 Å². The van der Waals surface area contributed by atoms with Crippen LogP contribution in [0.1, 0.15) is 23.0 Å². The number of nitrogens with one attached hydrogen (secondary N) is 1. The number of amides is 1. The summed E-state index contributed by atoms with van der Waals surface area (Å²) in [5.41, 5.74) is 10.2. The van der Waals surface area contributed by atoms with Crippen LogP contribution in [-0.4, -0.2) is 44.0 Å². The van der Waals surface area contributed by atoms with Gasteiger partial charge in [0.25, 0.3) is 5.91 Å². The molecule has 174 valence electrons. The molecule has 11 nitrogen and oxygen atoms in total. The molecule has 2 aromatic heterocycles. The minimum atomic E-state index is -0.570. The van der Waals surface area contributed by atoms with E-state index in [1.54, 1.807) is 30.5 Å². The highest BCUT2D eigenvalue weighted by molar-refractivity contribution is 6.01. The summed E-state index contributed by atoms with van der Waals surface area (Å²) in [5, 5.41) is 21.7. The quantitative estimate of drug-likeness (QED) is 0.273. The third kappa shape index (κ3) is 4.29. The molecule has 0 aliphatic rings. The second-order valence-corrected chi connectivity index (χ2v) is 7.40. The summed E-state index contributed by atoms with van der Waals surface area (Å²) < 4.78 is 11.6. The molecule has 0 spiro atoms. The Bertz CT molecular complexity index is 1530. The monoisotopic (exact) mass is 468 g/mol. The summed E-state index contributed by atoms with van der Waals surface area (Å²) in [6.45, 7) is 2.37. The molecule has 0 saturated heterocycles. The topological polar surface area (TPSA) is 146 Å². The van der Waals surface area contributed by atoms with E-state index in [1.165, 1.54) is 4.68 Å². The molecule has 3 N–H and O–H groups in total. The summed E-state index contributed by atoms with van der Waals surface area (Å²) >= 11 is 0. The predicted molar refractivity (Wildman–Crippen MR) is 129 cm³/mol. The lowest BCUT2D eigenvalue weighted by Crippen LogP contribution is -2.19. The number of anilines is 1. The SMILES string of the molecule is CCOc1cccc(-c2c(C(=O)NN=Cc3cccc4ccccc34)nnn2-c2nonc2N)c1. The Morgan fingerprint density at radius 2 is 1.97 bits per heavy atom. The zero-order chi connectivity index (χ0) is 24.2. The van der Waals surface area contributed by atoms with Crippen molar-refractivity contribution in [3.63, 3.8) is 0 Å². The van der Waals surface area contributed by atoms with Gasteiger partial charge in [0.1, 0.15) is 11.4 Å². The molecular formula is C24H20N8O3. The molecule has 0 aliphatic carbocycles. The van der Waals surface area contributed by atoms with Gasteiger partial charge in [-0.2, -0.15) is 9.78 Å². The van der Waals surface area contributed by atoms with Gasteiger partial charge in [0.05, 0.1) is 12.8 Å². The zero-order valence-electron chi connectivity index (χ0n) is 18.6. The zero-order valence-corrected chi connectivity index (χ0v) is 18.6. The van der Waals surface area contributed by atoms with Gasteiger partial charge in [-0.05, 0) is 40.1 Å².